The van der Waals surface area contributed by atoms with Crippen molar-refractivity contribution in [2.75, 3.05) is 40.9 Å². The Morgan fingerprint density at radius 2 is 0.923 bits per heavy atom. The standard InChI is InChI=1S/C56H105N2O6P/c1-6-8-10-12-14-16-18-20-21-22-23-24-25-26-27-28-29-30-31-32-33-34-35-36-37-38-40-42-44-46-48-50-56(60)57-54(53-64-65(61,62)63-52-51-58(3,4)5)55(59)49-47-45-43-41-39-19-17-15-13-11-9-7-2/h13,15,23-24,26-27,39,41,47,49,54-55,59H,6-12,14,16-22,25,28-38,40,42-46,48,50-53H2,1-5H3,(H-,57,60,61,62)/b15-13+,24-23-,27-26-,41-39+,49-47+. The SMILES string of the molecule is CCCC/C=C/CC/C=C/CC/C=C/C(O)C(COP(=O)([O-])OCC[N+](C)(C)C)NC(=O)CCCCCCCCCCCCCCCCC/C=C\C/C=C\CCCCCCCCCCC. The van der Waals surface area contributed by atoms with Gasteiger partial charge in [-0.2, -0.15) is 0 Å². The number of carbonyl (C=O) groups is 1. The van der Waals surface area contributed by atoms with Gasteiger partial charge >= 0.3 is 0 Å². The molecule has 0 aromatic rings. The predicted octanol–water partition coefficient (Wildman–Crippen LogP) is 15.5. The molecule has 3 unspecified atom stereocenters. The predicted molar refractivity (Wildman–Crippen MR) is 279 cm³/mol. The first-order valence-corrected chi connectivity index (χ1v) is 28.6. The molecule has 0 aliphatic rings. The van der Waals surface area contributed by atoms with Crippen LogP contribution in [0.5, 0.6) is 0 Å². The first-order chi connectivity index (χ1) is 31.5. The molecule has 9 heteroatoms. The molecular formula is C56H105N2O6P. The van der Waals surface area contributed by atoms with E-state index >= 15 is 0 Å². The zero-order valence-electron chi connectivity index (χ0n) is 43.2. The number of nitrogens with one attached hydrogen (secondary N) is 1. The summed E-state index contributed by atoms with van der Waals surface area (Å²) in [5.74, 6) is -0.213. The summed E-state index contributed by atoms with van der Waals surface area (Å²) >= 11 is 0. The van der Waals surface area contributed by atoms with Gasteiger partial charge in [0.1, 0.15) is 13.2 Å². The molecule has 0 fully saturated rings. The molecule has 0 rings (SSSR count). The number of carbonyl (C=O) groups excluding carboxylic acids is 1. The van der Waals surface area contributed by atoms with Gasteiger partial charge in [-0.25, -0.2) is 0 Å². The Morgan fingerprint density at radius 1 is 0.538 bits per heavy atom. The second-order valence-electron chi connectivity index (χ2n) is 19.6. The molecule has 8 nitrogen and oxygen atoms in total. The minimum Gasteiger partial charge on any atom is -0.756 e. The third-order valence-electron chi connectivity index (χ3n) is 11.9. The second-order valence-corrected chi connectivity index (χ2v) is 21.0. The van der Waals surface area contributed by atoms with Crippen LogP contribution in [-0.2, 0) is 18.4 Å². The van der Waals surface area contributed by atoms with E-state index in [1.54, 1.807) is 6.08 Å². The van der Waals surface area contributed by atoms with E-state index in [4.69, 9.17) is 9.05 Å². The fourth-order valence-corrected chi connectivity index (χ4v) is 8.34. The van der Waals surface area contributed by atoms with E-state index in [0.29, 0.717) is 17.4 Å². The minimum atomic E-state index is -4.60. The van der Waals surface area contributed by atoms with Crippen LogP contribution < -0.4 is 10.2 Å². The van der Waals surface area contributed by atoms with Crippen LogP contribution in [0.4, 0.5) is 0 Å². The number of phosphoric ester groups is 1. The summed E-state index contributed by atoms with van der Waals surface area (Å²) in [6, 6.07) is -0.910. The van der Waals surface area contributed by atoms with Crippen molar-refractivity contribution < 1.29 is 32.9 Å². The molecule has 0 radical (unpaired) electrons. The molecule has 0 saturated heterocycles. The lowest BCUT2D eigenvalue weighted by Crippen LogP contribution is -2.45. The lowest BCUT2D eigenvalue weighted by molar-refractivity contribution is -0.870. The number of phosphoric acid groups is 1. The summed E-state index contributed by atoms with van der Waals surface area (Å²) in [6.45, 7) is 4.57. The molecule has 0 spiro atoms. The number of hydrogen-bond donors (Lipinski definition) is 2. The highest BCUT2D eigenvalue weighted by Gasteiger charge is 2.23. The number of nitrogens with zero attached hydrogens (tertiary/aromatic N) is 1. The number of rotatable bonds is 49. The first kappa shape index (κ1) is 63.2. The van der Waals surface area contributed by atoms with Gasteiger partial charge in [0.05, 0.1) is 39.9 Å². The average molecular weight is 933 g/mol. The topological polar surface area (TPSA) is 108 Å². The minimum absolute atomic E-state index is 0.0104. The van der Waals surface area contributed by atoms with Gasteiger partial charge < -0.3 is 28.8 Å². The fourth-order valence-electron chi connectivity index (χ4n) is 7.61. The van der Waals surface area contributed by atoms with Crippen LogP contribution in [0.2, 0.25) is 0 Å². The molecule has 0 bridgehead atoms. The summed E-state index contributed by atoms with van der Waals surface area (Å²) in [4.78, 5) is 25.4. The number of unbranched alkanes of at least 4 members (excludes halogenated alkanes) is 28. The normalized spacial score (nSPS) is 14.5. The van der Waals surface area contributed by atoms with Crippen LogP contribution >= 0.6 is 7.82 Å². The number of amides is 1. The van der Waals surface area contributed by atoms with E-state index in [9.17, 15) is 19.4 Å². The van der Waals surface area contributed by atoms with Crippen molar-refractivity contribution in [3.63, 3.8) is 0 Å². The Kier molecular flexibility index (Phi) is 46.0. The molecule has 0 saturated carbocycles. The molecule has 0 aliphatic heterocycles. The molecule has 0 aliphatic carbocycles. The maximum absolute atomic E-state index is 12.9. The summed E-state index contributed by atoms with van der Waals surface area (Å²) in [5, 5.41) is 13.8. The van der Waals surface area contributed by atoms with Crippen LogP contribution in [0.3, 0.4) is 0 Å². The number of hydrogen-bond acceptors (Lipinski definition) is 6. The fraction of sp³-hybridized carbons (Fsp3) is 0.804. The van der Waals surface area contributed by atoms with Crippen LogP contribution in [0.25, 0.3) is 0 Å². The molecular weight excluding hydrogens is 828 g/mol. The average Bonchev–Trinajstić information content (AvgIpc) is 3.26. The zero-order chi connectivity index (χ0) is 47.8. The van der Waals surface area contributed by atoms with Crippen molar-refractivity contribution in [3.8, 4) is 0 Å². The highest BCUT2D eigenvalue weighted by Crippen LogP contribution is 2.38. The van der Waals surface area contributed by atoms with Gasteiger partial charge in [0.2, 0.25) is 5.91 Å². The van der Waals surface area contributed by atoms with Gasteiger partial charge in [0, 0.05) is 6.42 Å². The second kappa shape index (κ2) is 47.3. The van der Waals surface area contributed by atoms with Crippen molar-refractivity contribution >= 4 is 13.7 Å². The van der Waals surface area contributed by atoms with Crippen LogP contribution in [-0.4, -0.2) is 68.5 Å². The number of aliphatic hydroxyl groups is 1. The van der Waals surface area contributed by atoms with Gasteiger partial charge in [0.15, 0.2) is 0 Å². The van der Waals surface area contributed by atoms with E-state index in [-0.39, 0.29) is 12.5 Å². The summed E-state index contributed by atoms with van der Waals surface area (Å²) in [6.07, 6.45) is 63.1. The Morgan fingerprint density at radius 3 is 1.38 bits per heavy atom. The molecule has 0 aromatic heterocycles. The highest BCUT2D eigenvalue weighted by molar-refractivity contribution is 7.45. The van der Waals surface area contributed by atoms with E-state index in [2.05, 4.69) is 67.8 Å². The number of likely N-dealkylation sites (N-methyl/N-ethyl adjacent to an activating group) is 1. The number of aliphatic hydroxyl groups excluding tert-OH is 1. The van der Waals surface area contributed by atoms with Gasteiger partial charge in [-0.3, -0.25) is 9.36 Å². The monoisotopic (exact) mass is 933 g/mol. The maximum atomic E-state index is 12.9. The van der Waals surface area contributed by atoms with Gasteiger partial charge in [-0.1, -0.05) is 222 Å². The van der Waals surface area contributed by atoms with E-state index in [1.807, 2.05) is 27.2 Å². The van der Waals surface area contributed by atoms with E-state index in [0.717, 1.165) is 57.8 Å². The molecule has 1 amide bonds. The van der Waals surface area contributed by atoms with Crippen LogP contribution in [0.1, 0.15) is 239 Å². The quantitative estimate of drug-likeness (QED) is 0.0272. The molecule has 2 N–H and O–H groups in total. The lowest BCUT2D eigenvalue weighted by atomic mass is 10.0. The van der Waals surface area contributed by atoms with Crippen LogP contribution in [0, 0.1) is 0 Å². The number of allylic oxidation sites excluding steroid dienone is 9. The summed E-state index contributed by atoms with van der Waals surface area (Å²) < 4.78 is 23.2. The Labute approximate surface area is 402 Å². The van der Waals surface area contributed by atoms with Crippen molar-refractivity contribution in [2.45, 2.75) is 251 Å². The molecule has 0 heterocycles. The van der Waals surface area contributed by atoms with E-state index < -0.39 is 26.6 Å². The largest absolute Gasteiger partial charge is 0.756 e. The van der Waals surface area contributed by atoms with E-state index in [1.165, 1.54) is 161 Å². The van der Waals surface area contributed by atoms with Crippen molar-refractivity contribution in [1.29, 1.82) is 0 Å². The third-order valence-corrected chi connectivity index (χ3v) is 12.9. The van der Waals surface area contributed by atoms with Crippen LogP contribution in [0.15, 0.2) is 60.8 Å². The maximum Gasteiger partial charge on any atom is 0.268 e. The third kappa shape index (κ3) is 49.9. The first-order valence-electron chi connectivity index (χ1n) is 27.2. The van der Waals surface area contributed by atoms with Crippen molar-refractivity contribution in [3.05, 3.63) is 60.8 Å². The molecule has 65 heavy (non-hydrogen) atoms. The van der Waals surface area contributed by atoms with Gasteiger partial charge in [-0.15, -0.1) is 0 Å². The highest BCUT2D eigenvalue weighted by atomic mass is 31.2. The van der Waals surface area contributed by atoms with Gasteiger partial charge in [0.25, 0.3) is 7.82 Å². The zero-order valence-corrected chi connectivity index (χ0v) is 44.1. The van der Waals surface area contributed by atoms with Crippen molar-refractivity contribution in [2.24, 2.45) is 0 Å². The summed E-state index contributed by atoms with van der Waals surface area (Å²) in [7, 11) is 1.23. The summed E-state index contributed by atoms with van der Waals surface area (Å²) in [5.41, 5.74) is 0. The van der Waals surface area contributed by atoms with Gasteiger partial charge in [-0.05, 0) is 70.6 Å². The molecule has 3 atom stereocenters. The Balaban J connectivity index is 4.08. The molecule has 380 valence electrons. The van der Waals surface area contributed by atoms with Crippen molar-refractivity contribution in [1.82, 2.24) is 5.32 Å². The smallest absolute Gasteiger partial charge is 0.268 e. The Hall–Kier alpha value is -1.80. The molecule has 0 aromatic carbocycles. The number of quaternary nitrogens is 1. The Bertz CT molecular complexity index is 1240. The lowest BCUT2D eigenvalue weighted by Gasteiger charge is -2.29.